The predicted molar refractivity (Wildman–Crippen MR) is 85.0 cm³/mol. The van der Waals surface area contributed by atoms with Crippen molar-refractivity contribution in [2.24, 2.45) is 10.7 Å². The van der Waals surface area contributed by atoms with E-state index < -0.39 is 0 Å². The Hall–Kier alpha value is -1.91. The van der Waals surface area contributed by atoms with Gasteiger partial charge in [-0.05, 0) is 37.5 Å². The maximum Gasteiger partial charge on any atom is 0.189 e. The molecule has 1 aliphatic heterocycles. The van der Waals surface area contributed by atoms with Gasteiger partial charge in [0.2, 0.25) is 0 Å². The van der Waals surface area contributed by atoms with Crippen LogP contribution in [0, 0.1) is 0 Å². The Bertz CT molecular complexity index is 516. The molecule has 116 valence electrons. The van der Waals surface area contributed by atoms with Crippen LogP contribution in [0.25, 0.3) is 0 Å². The van der Waals surface area contributed by atoms with E-state index in [0.29, 0.717) is 25.7 Å². The van der Waals surface area contributed by atoms with Crippen LogP contribution in [0.3, 0.4) is 0 Å². The van der Waals surface area contributed by atoms with Crippen molar-refractivity contribution in [2.45, 2.75) is 39.2 Å². The number of aliphatic imine (C=N–C) groups is 1. The average Bonchev–Trinajstić information content (AvgIpc) is 2.84. The molecule has 0 saturated heterocycles. The van der Waals surface area contributed by atoms with E-state index >= 15 is 0 Å². The summed E-state index contributed by atoms with van der Waals surface area (Å²) in [5, 5.41) is 3.22. The number of nitrogens with two attached hydrogens (primary N) is 1. The number of hydrogen-bond acceptors (Lipinski definition) is 5. The van der Waals surface area contributed by atoms with Crippen LogP contribution in [0.5, 0.6) is 11.5 Å². The third-order valence-electron chi connectivity index (χ3n) is 3.47. The number of guanidine groups is 1. The van der Waals surface area contributed by atoms with Crippen LogP contribution in [0.1, 0.15) is 39.2 Å². The molecule has 0 fully saturated rings. The van der Waals surface area contributed by atoms with Gasteiger partial charge < -0.3 is 20.5 Å². The van der Waals surface area contributed by atoms with Crippen molar-refractivity contribution in [2.75, 3.05) is 19.8 Å². The van der Waals surface area contributed by atoms with Gasteiger partial charge in [-0.15, -0.1) is 0 Å². The number of nitrogens with one attached hydrogen (secondary N) is 1. The first kappa shape index (κ1) is 15.5. The van der Waals surface area contributed by atoms with E-state index in [9.17, 15) is 0 Å². The molecule has 5 heteroatoms. The Morgan fingerprint density at radius 1 is 1.19 bits per heavy atom. The maximum atomic E-state index is 5.83. The molecule has 0 aromatic heterocycles. The first-order valence-electron chi connectivity index (χ1n) is 7.57. The molecule has 2 rings (SSSR count). The zero-order valence-corrected chi connectivity index (χ0v) is 13.1. The van der Waals surface area contributed by atoms with E-state index in [1.165, 1.54) is 0 Å². The van der Waals surface area contributed by atoms with Crippen LogP contribution in [0.2, 0.25) is 0 Å². The molecule has 0 amide bonds. The van der Waals surface area contributed by atoms with E-state index in [-0.39, 0.29) is 5.54 Å². The number of rotatable bonds is 7. The highest BCUT2D eigenvalue weighted by Crippen LogP contribution is 2.34. The van der Waals surface area contributed by atoms with Crippen LogP contribution in [0.15, 0.2) is 23.2 Å². The number of benzene rings is 1. The SMILES string of the molecule is CCCOc1ccc(C2(C)CN=C(N)N2)cc1OCCC. The van der Waals surface area contributed by atoms with Crippen molar-refractivity contribution in [1.82, 2.24) is 5.32 Å². The summed E-state index contributed by atoms with van der Waals surface area (Å²) < 4.78 is 11.6. The summed E-state index contributed by atoms with van der Waals surface area (Å²) in [5.41, 5.74) is 6.56. The molecular weight excluding hydrogens is 266 g/mol. The van der Waals surface area contributed by atoms with E-state index in [4.69, 9.17) is 15.2 Å². The molecule has 3 N–H and O–H groups in total. The Morgan fingerprint density at radius 3 is 2.43 bits per heavy atom. The van der Waals surface area contributed by atoms with Gasteiger partial charge in [0.05, 0.1) is 25.3 Å². The molecule has 5 nitrogen and oxygen atoms in total. The highest BCUT2D eigenvalue weighted by molar-refractivity contribution is 5.81. The highest BCUT2D eigenvalue weighted by Gasteiger charge is 2.32. The van der Waals surface area contributed by atoms with Gasteiger partial charge in [0.25, 0.3) is 0 Å². The smallest absolute Gasteiger partial charge is 0.189 e. The molecule has 21 heavy (non-hydrogen) atoms. The lowest BCUT2D eigenvalue weighted by Gasteiger charge is -2.26. The van der Waals surface area contributed by atoms with Crippen molar-refractivity contribution in [3.8, 4) is 11.5 Å². The molecule has 0 bridgehead atoms. The standard InChI is InChI=1S/C16H25N3O2/c1-4-8-20-13-7-6-12(10-14(13)21-9-5-2)16(3)11-18-15(17)19-16/h6-7,10H,4-5,8-9,11H2,1-3H3,(H3,17,18,19). The third-order valence-corrected chi connectivity index (χ3v) is 3.47. The van der Waals surface area contributed by atoms with Crippen LogP contribution in [-0.2, 0) is 5.54 Å². The van der Waals surface area contributed by atoms with Crippen molar-refractivity contribution in [3.05, 3.63) is 23.8 Å². The Labute approximate surface area is 126 Å². The van der Waals surface area contributed by atoms with Crippen molar-refractivity contribution < 1.29 is 9.47 Å². The lowest BCUT2D eigenvalue weighted by molar-refractivity contribution is 0.267. The molecule has 1 aromatic carbocycles. The molecule has 0 aliphatic carbocycles. The monoisotopic (exact) mass is 291 g/mol. The van der Waals surface area contributed by atoms with Crippen LogP contribution < -0.4 is 20.5 Å². The summed E-state index contributed by atoms with van der Waals surface area (Å²) >= 11 is 0. The Kier molecular flexibility index (Phi) is 4.94. The molecule has 1 aromatic rings. The quantitative estimate of drug-likeness (QED) is 0.809. The van der Waals surface area contributed by atoms with E-state index in [2.05, 4.69) is 31.1 Å². The molecular formula is C16H25N3O2. The summed E-state index contributed by atoms with van der Waals surface area (Å²) in [6.45, 7) is 8.25. The maximum absolute atomic E-state index is 5.83. The van der Waals surface area contributed by atoms with Gasteiger partial charge in [-0.25, -0.2) is 0 Å². The molecule has 1 unspecified atom stereocenters. The summed E-state index contributed by atoms with van der Waals surface area (Å²) in [6, 6.07) is 6.05. The largest absolute Gasteiger partial charge is 0.490 e. The first-order chi connectivity index (χ1) is 10.1. The molecule has 0 spiro atoms. The summed E-state index contributed by atoms with van der Waals surface area (Å²) in [4.78, 5) is 4.24. The Balaban J connectivity index is 2.23. The summed E-state index contributed by atoms with van der Waals surface area (Å²) in [7, 11) is 0. The van der Waals surface area contributed by atoms with E-state index in [1.54, 1.807) is 0 Å². The lowest BCUT2D eigenvalue weighted by Crippen LogP contribution is -2.42. The van der Waals surface area contributed by atoms with Crippen molar-refractivity contribution >= 4 is 5.96 Å². The topological polar surface area (TPSA) is 68.9 Å². The van der Waals surface area contributed by atoms with Crippen LogP contribution >= 0.6 is 0 Å². The number of ether oxygens (including phenoxy) is 2. The lowest BCUT2D eigenvalue weighted by atomic mass is 9.92. The zero-order valence-electron chi connectivity index (χ0n) is 13.1. The fourth-order valence-electron chi connectivity index (χ4n) is 2.28. The third kappa shape index (κ3) is 3.60. The minimum Gasteiger partial charge on any atom is -0.490 e. The average molecular weight is 291 g/mol. The molecule has 0 radical (unpaired) electrons. The van der Waals surface area contributed by atoms with Gasteiger partial charge in [0, 0.05) is 0 Å². The minimum atomic E-state index is -0.280. The van der Waals surface area contributed by atoms with Gasteiger partial charge in [-0.3, -0.25) is 4.99 Å². The molecule has 0 saturated carbocycles. The van der Waals surface area contributed by atoms with E-state index in [0.717, 1.165) is 29.9 Å². The molecule has 1 heterocycles. The Morgan fingerprint density at radius 2 is 1.86 bits per heavy atom. The van der Waals surface area contributed by atoms with Gasteiger partial charge in [-0.1, -0.05) is 19.9 Å². The second-order valence-corrected chi connectivity index (χ2v) is 5.52. The van der Waals surface area contributed by atoms with Gasteiger partial charge in [-0.2, -0.15) is 0 Å². The predicted octanol–water partition coefficient (Wildman–Crippen LogP) is 2.40. The fraction of sp³-hybridized carbons (Fsp3) is 0.562. The van der Waals surface area contributed by atoms with Crippen LogP contribution in [-0.4, -0.2) is 25.7 Å². The normalized spacial score (nSPS) is 20.8. The zero-order chi connectivity index (χ0) is 15.3. The molecule has 1 aliphatic rings. The minimum absolute atomic E-state index is 0.280. The highest BCUT2D eigenvalue weighted by atomic mass is 16.5. The van der Waals surface area contributed by atoms with Gasteiger partial charge in [0.15, 0.2) is 17.5 Å². The van der Waals surface area contributed by atoms with Crippen molar-refractivity contribution in [1.29, 1.82) is 0 Å². The van der Waals surface area contributed by atoms with E-state index in [1.807, 2.05) is 18.2 Å². The fourth-order valence-corrected chi connectivity index (χ4v) is 2.28. The van der Waals surface area contributed by atoms with Gasteiger partial charge >= 0.3 is 0 Å². The summed E-state index contributed by atoms with van der Waals surface area (Å²) in [5.74, 6) is 2.07. The van der Waals surface area contributed by atoms with Crippen molar-refractivity contribution in [3.63, 3.8) is 0 Å². The molecule has 1 atom stereocenters. The number of nitrogens with zero attached hydrogens (tertiary/aromatic N) is 1. The van der Waals surface area contributed by atoms with Crippen LogP contribution in [0.4, 0.5) is 0 Å². The second-order valence-electron chi connectivity index (χ2n) is 5.52. The van der Waals surface area contributed by atoms with Gasteiger partial charge in [0.1, 0.15) is 0 Å². The number of hydrogen-bond donors (Lipinski definition) is 2. The second kappa shape index (κ2) is 6.70. The first-order valence-corrected chi connectivity index (χ1v) is 7.57. The summed E-state index contributed by atoms with van der Waals surface area (Å²) in [6.07, 6.45) is 1.93.